The fraction of sp³-hybridized carbons (Fsp3) is 0.440. The molecule has 3 N–H and O–H groups in total. The monoisotopic (exact) mass is 496 g/mol. The van der Waals surface area contributed by atoms with E-state index in [0.717, 1.165) is 17.8 Å². The lowest BCUT2D eigenvalue weighted by Gasteiger charge is -2.34. The zero-order valence-corrected chi connectivity index (χ0v) is 21.2. The number of carbonyl (C=O) groups excluding carboxylic acids is 2. The van der Waals surface area contributed by atoms with Crippen molar-refractivity contribution in [1.82, 2.24) is 25.2 Å². The maximum Gasteiger partial charge on any atom is 0.248 e. The van der Waals surface area contributed by atoms with Crippen LogP contribution in [0.5, 0.6) is 0 Å². The average molecular weight is 497 g/mol. The number of likely N-dealkylation sites (N-methyl/N-ethyl adjacent to an activating group) is 1. The Morgan fingerprint density at radius 1 is 1.26 bits per heavy atom. The number of nitrogens with zero attached hydrogens (tertiary/aromatic N) is 4. The number of aromatic nitrogens is 3. The van der Waals surface area contributed by atoms with Crippen molar-refractivity contribution < 1.29 is 14.7 Å². The molecule has 1 aromatic carbocycles. The molecule has 3 heterocycles. The SMILES string of the molecule is CNC(=O)C1CC(O)CN1C(=O)[C@@H](n1cc(-c2cccc(NCc3cccs3)c2)nn1)C(C)(C)C. The van der Waals surface area contributed by atoms with E-state index in [1.54, 1.807) is 22.2 Å². The lowest BCUT2D eigenvalue weighted by Crippen LogP contribution is -2.49. The molecule has 0 bridgehead atoms. The second kappa shape index (κ2) is 10.2. The van der Waals surface area contributed by atoms with Crippen molar-refractivity contribution in [1.29, 1.82) is 0 Å². The third-order valence-electron chi connectivity index (χ3n) is 6.15. The first kappa shape index (κ1) is 24.9. The van der Waals surface area contributed by atoms with Gasteiger partial charge in [0.25, 0.3) is 0 Å². The minimum absolute atomic E-state index is 0.114. The fourth-order valence-corrected chi connectivity index (χ4v) is 5.08. The number of anilines is 1. The summed E-state index contributed by atoms with van der Waals surface area (Å²) in [6.07, 6.45) is 1.25. The molecule has 2 aromatic heterocycles. The van der Waals surface area contributed by atoms with E-state index < -0.39 is 23.6 Å². The zero-order valence-electron chi connectivity index (χ0n) is 20.4. The smallest absolute Gasteiger partial charge is 0.248 e. The molecule has 0 spiro atoms. The molecular formula is C25H32N6O3S. The van der Waals surface area contributed by atoms with Crippen molar-refractivity contribution in [3.63, 3.8) is 0 Å². The fourth-order valence-electron chi connectivity index (χ4n) is 4.44. The molecule has 0 aliphatic carbocycles. The molecule has 1 fully saturated rings. The standard InChI is InChI=1S/C25H32N6O3S/c1-25(2,3)22(24(34)30-14-18(32)12-21(30)23(33)26-4)31-15-20(28-29-31)16-7-5-8-17(11-16)27-13-19-9-6-10-35-19/h5-11,15,18,21-22,27,32H,12-14H2,1-4H3,(H,26,33)/t18?,21?,22-/m1/s1. The van der Waals surface area contributed by atoms with Gasteiger partial charge >= 0.3 is 0 Å². The highest BCUT2D eigenvalue weighted by Crippen LogP contribution is 2.35. The van der Waals surface area contributed by atoms with Crippen LogP contribution in [0.25, 0.3) is 11.3 Å². The summed E-state index contributed by atoms with van der Waals surface area (Å²) in [6, 6.07) is 10.6. The molecule has 3 aromatic rings. The van der Waals surface area contributed by atoms with Gasteiger partial charge < -0.3 is 20.6 Å². The van der Waals surface area contributed by atoms with Crippen LogP contribution in [-0.4, -0.2) is 62.6 Å². The van der Waals surface area contributed by atoms with E-state index >= 15 is 0 Å². The van der Waals surface area contributed by atoms with Crippen LogP contribution in [0.2, 0.25) is 0 Å². The van der Waals surface area contributed by atoms with Crippen molar-refractivity contribution in [2.45, 2.75) is 51.9 Å². The summed E-state index contributed by atoms with van der Waals surface area (Å²) in [7, 11) is 1.53. The van der Waals surface area contributed by atoms with Crippen LogP contribution in [0.15, 0.2) is 48.0 Å². The lowest BCUT2D eigenvalue weighted by molar-refractivity contribution is -0.144. The highest BCUT2D eigenvalue weighted by atomic mass is 32.1. The second-order valence-electron chi connectivity index (χ2n) is 9.88. The van der Waals surface area contributed by atoms with Gasteiger partial charge in [0, 0.05) is 42.7 Å². The molecular weight excluding hydrogens is 464 g/mol. The number of β-amino-alcohol motifs (C(OH)–C–C–N with tert-alkyl or cyclic N) is 1. The van der Waals surface area contributed by atoms with Gasteiger partial charge in [0.05, 0.1) is 12.3 Å². The molecule has 1 saturated heterocycles. The van der Waals surface area contributed by atoms with Crippen molar-refractivity contribution in [2.75, 3.05) is 18.9 Å². The lowest BCUT2D eigenvalue weighted by atomic mass is 9.85. The van der Waals surface area contributed by atoms with Gasteiger partial charge in [-0.15, -0.1) is 16.4 Å². The summed E-state index contributed by atoms with van der Waals surface area (Å²) in [6.45, 7) is 6.71. The van der Waals surface area contributed by atoms with Crippen molar-refractivity contribution in [2.24, 2.45) is 5.41 Å². The van der Waals surface area contributed by atoms with Crippen molar-refractivity contribution >= 4 is 28.8 Å². The Morgan fingerprint density at radius 3 is 2.74 bits per heavy atom. The van der Waals surface area contributed by atoms with E-state index in [0.29, 0.717) is 5.69 Å². The van der Waals surface area contributed by atoms with Gasteiger partial charge in [0.15, 0.2) is 0 Å². The number of hydrogen-bond donors (Lipinski definition) is 3. The van der Waals surface area contributed by atoms with Crippen LogP contribution < -0.4 is 10.6 Å². The molecule has 3 atom stereocenters. The minimum Gasteiger partial charge on any atom is -0.391 e. The number of thiophene rings is 1. The molecule has 4 rings (SSSR count). The summed E-state index contributed by atoms with van der Waals surface area (Å²) >= 11 is 1.70. The predicted molar refractivity (Wildman–Crippen MR) is 136 cm³/mol. The Bertz CT molecular complexity index is 1170. The maximum atomic E-state index is 13.7. The highest BCUT2D eigenvalue weighted by molar-refractivity contribution is 7.09. The molecule has 35 heavy (non-hydrogen) atoms. The average Bonchev–Trinajstić information content (AvgIpc) is 3.58. The first-order valence-electron chi connectivity index (χ1n) is 11.7. The normalized spacial score (nSPS) is 18.9. The number of benzene rings is 1. The number of likely N-dealkylation sites (tertiary alicyclic amines) is 1. The highest BCUT2D eigenvalue weighted by Gasteiger charge is 2.45. The summed E-state index contributed by atoms with van der Waals surface area (Å²) in [5, 5.41) is 26.9. The quantitative estimate of drug-likeness (QED) is 0.464. The number of hydrogen-bond acceptors (Lipinski definition) is 7. The molecule has 2 unspecified atom stereocenters. The van der Waals surface area contributed by atoms with Crippen LogP contribution in [-0.2, 0) is 16.1 Å². The van der Waals surface area contributed by atoms with E-state index in [2.05, 4.69) is 32.4 Å². The van der Waals surface area contributed by atoms with Crippen LogP contribution in [0.4, 0.5) is 5.69 Å². The number of aliphatic hydroxyl groups is 1. The first-order chi connectivity index (χ1) is 16.7. The predicted octanol–water partition coefficient (Wildman–Crippen LogP) is 2.91. The molecule has 1 aliphatic heterocycles. The van der Waals surface area contributed by atoms with Gasteiger partial charge in [-0.2, -0.15) is 0 Å². The van der Waals surface area contributed by atoms with E-state index in [1.807, 2.05) is 51.1 Å². The third kappa shape index (κ3) is 5.54. The Labute approximate surface area is 209 Å². The van der Waals surface area contributed by atoms with Gasteiger partial charge in [-0.25, -0.2) is 4.68 Å². The van der Waals surface area contributed by atoms with E-state index in [-0.39, 0.29) is 24.8 Å². The van der Waals surface area contributed by atoms with Gasteiger partial charge in [-0.1, -0.05) is 44.2 Å². The van der Waals surface area contributed by atoms with Gasteiger partial charge in [-0.05, 0) is 29.0 Å². The molecule has 186 valence electrons. The summed E-state index contributed by atoms with van der Waals surface area (Å²) < 4.78 is 1.58. The molecule has 9 nitrogen and oxygen atoms in total. The van der Waals surface area contributed by atoms with E-state index in [1.165, 1.54) is 16.8 Å². The Morgan fingerprint density at radius 2 is 2.06 bits per heavy atom. The molecule has 10 heteroatoms. The Hall–Kier alpha value is -3.24. The summed E-state index contributed by atoms with van der Waals surface area (Å²) in [5.41, 5.74) is 1.99. The molecule has 0 saturated carbocycles. The minimum atomic E-state index is -0.738. The van der Waals surface area contributed by atoms with E-state index in [4.69, 9.17) is 0 Å². The van der Waals surface area contributed by atoms with Crippen LogP contribution in [0.3, 0.4) is 0 Å². The zero-order chi connectivity index (χ0) is 25.2. The molecule has 1 aliphatic rings. The van der Waals surface area contributed by atoms with Crippen LogP contribution in [0, 0.1) is 5.41 Å². The third-order valence-corrected chi connectivity index (χ3v) is 7.02. The van der Waals surface area contributed by atoms with E-state index in [9.17, 15) is 14.7 Å². The topological polar surface area (TPSA) is 112 Å². The van der Waals surface area contributed by atoms with Gasteiger partial charge in [0.2, 0.25) is 11.8 Å². The number of aliphatic hydroxyl groups excluding tert-OH is 1. The largest absolute Gasteiger partial charge is 0.391 e. The van der Waals surface area contributed by atoms with Crippen LogP contribution in [0.1, 0.15) is 38.1 Å². The summed E-state index contributed by atoms with van der Waals surface area (Å²) in [5.74, 6) is -0.542. The number of amides is 2. The molecule has 2 amide bonds. The summed E-state index contributed by atoms with van der Waals surface area (Å²) in [4.78, 5) is 28.8. The number of carbonyl (C=O) groups is 2. The molecule has 0 radical (unpaired) electrons. The Kier molecular flexibility index (Phi) is 7.23. The maximum absolute atomic E-state index is 13.7. The van der Waals surface area contributed by atoms with Crippen molar-refractivity contribution in [3.8, 4) is 11.3 Å². The Balaban J connectivity index is 1.57. The number of nitrogens with one attached hydrogen (secondary N) is 2. The van der Waals surface area contributed by atoms with Crippen LogP contribution >= 0.6 is 11.3 Å². The number of rotatable bonds is 7. The van der Waals surface area contributed by atoms with Crippen molar-refractivity contribution in [3.05, 3.63) is 52.9 Å². The van der Waals surface area contributed by atoms with Gasteiger partial charge in [0.1, 0.15) is 17.8 Å². The second-order valence-corrected chi connectivity index (χ2v) is 10.9. The first-order valence-corrected chi connectivity index (χ1v) is 12.5. The van der Waals surface area contributed by atoms with Gasteiger partial charge in [-0.3, -0.25) is 9.59 Å².